The van der Waals surface area contributed by atoms with Crippen molar-refractivity contribution in [2.24, 2.45) is 0 Å². The third-order valence-corrected chi connectivity index (χ3v) is 4.93. The van der Waals surface area contributed by atoms with E-state index in [1.807, 2.05) is 0 Å². The molecule has 3 saturated heterocycles. The summed E-state index contributed by atoms with van der Waals surface area (Å²) in [5.41, 5.74) is 0. The lowest BCUT2D eigenvalue weighted by Crippen LogP contribution is -2.50. The largest absolute Gasteiger partial charge is 0.450 e. The highest BCUT2D eigenvalue weighted by Crippen LogP contribution is 2.32. The predicted molar refractivity (Wildman–Crippen MR) is 79.8 cm³/mol. The zero-order valence-corrected chi connectivity index (χ0v) is 13.6. The third-order valence-electron chi connectivity index (χ3n) is 4.93. The monoisotopic (exact) mass is 325 g/mol. The summed E-state index contributed by atoms with van der Waals surface area (Å²) in [5, 5.41) is 0. The van der Waals surface area contributed by atoms with Gasteiger partial charge in [-0.3, -0.25) is 9.69 Å². The van der Waals surface area contributed by atoms with E-state index in [0.29, 0.717) is 45.5 Å². The minimum Gasteiger partial charge on any atom is -0.450 e. The van der Waals surface area contributed by atoms with Gasteiger partial charge in [-0.05, 0) is 19.8 Å². The molecule has 3 rings (SSSR count). The second-order valence-corrected chi connectivity index (χ2v) is 6.17. The summed E-state index contributed by atoms with van der Waals surface area (Å²) in [7, 11) is 1.60. The SMILES string of the molecule is CCOC(=O)N1CCC(N2C(=O)C3CC(OC)CN3C2=O)CC1. The van der Waals surface area contributed by atoms with Gasteiger partial charge >= 0.3 is 12.1 Å². The lowest BCUT2D eigenvalue weighted by molar-refractivity contribution is -0.130. The van der Waals surface area contributed by atoms with Gasteiger partial charge in [0.2, 0.25) is 0 Å². The van der Waals surface area contributed by atoms with Crippen molar-refractivity contribution < 1.29 is 23.9 Å². The predicted octanol–water partition coefficient (Wildman–Crippen LogP) is 0.659. The van der Waals surface area contributed by atoms with E-state index in [9.17, 15) is 14.4 Å². The Labute approximate surface area is 135 Å². The van der Waals surface area contributed by atoms with E-state index in [1.54, 1.807) is 23.8 Å². The first kappa shape index (κ1) is 16.0. The standard InChI is InChI=1S/C15H23N3O5/c1-3-23-15(21)16-6-4-10(5-7-16)18-13(19)12-8-11(22-2)9-17(12)14(18)20/h10-12H,3-9H2,1-2H3. The molecule has 3 aliphatic heterocycles. The molecule has 0 N–H and O–H groups in total. The lowest BCUT2D eigenvalue weighted by Gasteiger charge is -2.35. The molecule has 2 atom stereocenters. The van der Waals surface area contributed by atoms with Crippen LogP contribution < -0.4 is 0 Å². The number of piperidine rings is 1. The van der Waals surface area contributed by atoms with Crippen LogP contribution in [-0.2, 0) is 14.3 Å². The van der Waals surface area contributed by atoms with E-state index in [2.05, 4.69) is 0 Å². The molecule has 2 unspecified atom stereocenters. The van der Waals surface area contributed by atoms with E-state index in [-0.39, 0.29) is 36.2 Å². The maximum atomic E-state index is 12.6. The highest BCUT2D eigenvalue weighted by molar-refractivity contribution is 6.05. The van der Waals surface area contributed by atoms with Crippen LogP contribution in [0, 0.1) is 0 Å². The van der Waals surface area contributed by atoms with Gasteiger partial charge in [-0.15, -0.1) is 0 Å². The van der Waals surface area contributed by atoms with Crippen LogP contribution in [0.4, 0.5) is 9.59 Å². The van der Waals surface area contributed by atoms with Gasteiger partial charge in [-0.1, -0.05) is 0 Å². The van der Waals surface area contributed by atoms with Crippen LogP contribution in [0.3, 0.4) is 0 Å². The Morgan fingerprint density at radius 3 is 2.52 bits per heavy atom. The molecule has 3 heterocycles. The van der Waals surface area contributed by atoms with Gasteiger partial charge in [0, 0.05) is 39.2 Å². The fourth-order valence-corrected chi connectivity index (χ4v) is 3.66. The molecule has 8 nitrogen and oxygen atoms in total. The number of urea groups is 1. The van der Waals surface area contributed by atoms with E-state index >= 15 is 0 Å². The molecular formula is C15H23N3O5. The Morgan fingerprint density at radius 2 is 1.96 bits per heavy atom. The number of rotatable bonds is 3. The number of nitrogens with zero attached hydrogens (tertiary/aromatic N) is 3. The van der Waals surface area contributed by atoms with Gasteiger partial charge < -0.3 is 19.3 Å². The van der Waals surface area contributed by atoms with Crippen LogP contribution in [0.1, 0.15) is 26.2 Å². The van der Waals surface area contributed by atoms with Crippen LogP contribution in [0.15, 0.2) is 0 Å². The third kappa shape index (κ3) is 2.75. The molecule has 0 spiro atoms. The first-order valence-corrected chi connectivity index (χ1v) is 8.15. The Balaban J connectivity index is 1.60. The Morgan fingerprint density at radius 1 is 1.26 bits per heavy atom. The van der Waals surface area contributed by atoms with Crippen molar-refractivity contribution in [3.05, 3.63) is 0 Å². The second-order valence-electron chi connectivity index (χ2n) is 6.17. The number of amides is 4. The first-order valence-electron chi connectivity index (χ1n) is 8.15. The van der Waals surface area contributed by atoms with Gasteiger partial charge in [-0.25, -0.2) is 9.59 Å². The molecule has 0 bridgehead atoms. The summed E-state index contributed by atoms with van der Waals surface area (Å²) in [4.78, 5) is 41.5. The molecule has 8 heteroatoms. The molecule has 0 aliphatic carbocycles. The lowest BCUT2D eigenvalue weighted by atomic mass is 10.0. The number of hydrogen-bond donors (Lipinski definition) is 0. The molecule has 4 amide bonds. The number of ether oxygens (including phenoxy) is 2. The maximum absolute atomic E-state index is 12.6. The van der Waals surface area contributed by atoms with Crippen LogP contribution in [0.2, 0.25) is 0 Å². The Hall–Kier alpha value is -1.83. The van der Waals surface area contributed by atoms with Gasteiger partial charge in [0.1, 0.15) is 6.04 Å². The van der Waals surface area contributed by atoms with Crippen molar-refractivity contribution in [3.63, 3.8) is 0 Å². The number of carbonyl (C=O) groups is 3. The zero-order valence-electron chi connectivity index (χ0n) is 13.6. The number of methoxy groups -OCH3 is 1. The van der Waals surface area contributed by atoms with Crippen molar-refractivity contribution >= 4 is 18.0 Å². The van der Waals surface area contributed by atoms with E-state index in [1.165, 1.54) is 4.90 Å². The Kier molecular flexibility index (Phi) is 4.43. The van der Waals surface area contributed by atoms with Gasteiger partial charge in [0.05, 0.1) is 12.7 Å². The normalized spacial score (nSPS) is 28.5. The zero-order chi connectivity index (χ0) is 16.6. The van der Waals surface area contributed by atoms with Crippen molar-refractivity contribution in [2.75, 3.05) is 33.4 Å². The van der Waals surface area contributed by atoms with E-state index in [0.717, 1.165) is 0 Å². The van der Waals surface area contributed by atoms with Crippen LogP contribution >= 0.6 is 0 Å². The topological polar surface area (TPSA) is 79.4 Å². The Bertz CT molecular complexity index is 479. The number of imide groups is 1. The van der Waals surface area contributed by atoms with Crippen LogP contribution in [0.25, 0.3) is 0 Å². The molecule has 0 radical (unpaired) electrons. The number of fused-ring (bicyclic) bond motifs is 1. The first-order chi connectivity index (χ1) is 11.1. The van der Waals surface area contributed by atoms with Crippen molar-refractivity contribution in [2.45, 2.75) is 44.4 Å². The van der Waals surface area contributed by atoms with E-state index in [4.69, 9.17) is 9.47 Å². The fraction of sp³-hybridized carbons (Fsp3) is 0.800. The van der Waals surface area contributed by atoms with Gasteiger partial charge in [0.15, 0.2) is 0 Å². The summed E-state index contributed by atoms with van der Waals surface area (Å²) in [6, 6.07) is -0.725. The molecule has 0 aromatic rings. The minimum absolute atomic E-state index is 0.0549. The van der Waals surface area contributed by atoms with Crippen LogP contribution in [0.5, 0.6) is 0 Å². The number of likely N-dealkylation sites (tertiary alicyclic amines) is 1. The summed E-state index contributed by atoms with van der Waals surface area (Å²) >= 11 is 0. The molecule has 23 heavy (non-hydrogen) atoms. The highest BCUT2D eigenvalue weighted by atomic mass is 16.6. The van der Waals surface area contributed by atoms with Crippen molar-refractivity contribution in [1.29, 1.82) is 0 Å². The number of carbonyl (C=O) groups excluding carboxylic acids is 3. The molecule has 3 aliphatic rings. The van der Waals surface area contributed by atoms with Crippen LogP contribution in [-0.4, -0.2) is 84.3 Å². The molecule has 3 fully saturated rings. The van der Waals surface area contributed by atoms with Crippen molar-refractivity contribution in [3.8, 4) is 0 Å². The summed E-state index contributed by atoms with van der Waals surface area (Å²) in [6.45, 7) is 3.60. The molecule has 0 saturated carbocycles. The average Bonchev–Trinajstić information content (AvgIpc) is 3.08. The molecule has 128 valence electrons. The highest BCUT2D eigenvalue weighted by Gasteiger charge is 2.52. The van der Waals surface area contributed by atoms with E-state index < -0.39 is 0 Å². The minimum atomic E-state index is -0.379. The fourth-order valence-electron chi connectivity index (χ4n) is 3.66. The quantitative estimate of drug-likeness (QED) is 0.712. The summed E-state index contributed by atoms with van der Waals surface area (Å²) < 4.78 is 10.3. The summed E-state index contributed by atoms with van der Waals surface area (Å²) in [6.07, 6.45) is 1.39. The van der Waals surface area contributed by atoms with Gasteiger partial charge in [-0.2, -0.15) is 0 Å². The molecule has 0 aromatic heterocycles. The maximum Gasteiger partial charge on any atom is 0.409 e. The molecule has 0 aromatic carbocycles. The van der Waals surface area contributed by atoms with Gasteiger partial charge in [0.25, 0.3) is 5.91 Å². The average molecular weight is 325 g/mol. The smallest absolute Gasteiger partial charge is 0.409 e. The number of hydrogen-bond acceptors (Lipinski definition) is 5. The molecular weight excluding hydrogens is 302 g/mol. The summed E-state index contributed by atoms with van der Waals surface area (Å²) in [5.74, 6) is -0.121. The second kappa shape index (κ2) is 6.35. The van der Waals surface area contributed by atoms with Crippen molar-refractivity contribution in [1.82, 2.24) is 14.7 Å².